The first-order valence-corrected chi connectivity index (χ1v) is 8.22. The van der Waals surface area contributed by atoms with E-state index in [1.54, 1.807) is 0 Å². The van der Waals surface area contributed by atoms with Crippen LogP contribution in [0, 0.1) is 0 Å². The molecule has 1 rings (SSSR count). The van der Waals surface area contributed by atoms with Gasteiger partial charge >= 0.3 is 0 Å². The normalized spacial score (nSPS) is 11.5. The third-order valence-electron chi connectivity index (χ3n) is 3.46. The maximum atomic E-state index is 5.90. The van der Waals surface area contributed by atoms with Gasteiger partial charge in [-0.15, -0.1) is 12.4 Å². The van der Waals surface area contributed by atoms with Gasteiger partial charge in [-0.25, -0.2) is 0 Å². The van der Waals surface area contributed by atoms with Crippen molar-refractivity contribution in [1.29, 1.82) is 0 Å². The first-order valence-electron chi connectivity index (χ1n) is 8.22. The molecule has 0 aliphatic carbocycles. The second-order valence-corrected chi connectivity index (χ2v) is 5.37. The summed E-state index contributed by atoms with van der Waals surface area (Å²) in [6, 6.07) is 8.16. The van der Waals surface area contributed by atoms with Crippen LogP contribution in [0.25, 0.3) is 0 Å². The smallest absolute Gasteiger partial charge is 0.119 e. The van der Waals surface area contributed by atoms with Crippen molar-refractivity contribution in [2.24, 2.45) is 5.73 Å². The van der Waals surface area contributed by atoms with Gasteiger partial charge in [0.2, 0.25) is 0 Å². The third kappa shape index (κ3) is 10.0. The first-order chi connectivity index (χ1) is 9.98. The van der Waals surface area contributed by atoms with Crippen LogP contribution in [0.15, 0.2) is 24.3 Å². The summed E-state index contributed by atoms with van der Waals surface area (Å²) in [5.41, 5.74) is 7.07. The number of hydrogen-bond acceptors (Lipinski definition) is 3. The molecule has 4 heteroatoms. The van der Waals surface area contributed by atoms with E-state index in [1.165, 1.54) is 25.2 Å². The van der Waals surface area contributed by atoms with Crippen molar-refractivity contribution in [2.45, 2.75) is 60.1 Å². The van der Waals surface area contributed by atoms with Crippen LogP contribution in [0.4, 0.5) is 0 Å². The Balaban J connectivity index is 0. The molecule has 2 N–H and O–H groups in total. The van der Waals surface area contributed by atoms with E-state index in [0.717, 1.165) is 12.2 Å². The van der Waals surface area contributed by atoms with E-state index < -0.39 is 0 Å². The van der Waals surface area contributed by atoms with Crippen LogP contribution in [0.3, 0.4) is 0 Å². The van der Waals surface area contributed by atoms with Crippen LogP contribution in [0.1, 0.15) is 59.6 Å². The molecule has 1 atom stereocenters. The maximum Gasteiger partial charge on any atom is 0.119 e. The van der Waals surface area contributed by atoms with E-state index in [-0.39, 0.29) is 24.6 Å². The largest absolute Gasteiger partial charge is 0.491 e. The molecule has 1 aromatic rings. The molecule has 0 aromatic heterocycles. The SMILES string of the molecule is CCC(N)c1ccc(OC(C)C)cc1.CCN(CC)CC.Cl. The summed E-state index contributed by atoms with van der Waals surface area (Å²) in [5, 5.41) is 0. The first kappa shape index (κ1) is 23.5. The molecule has 130 valence electrons. The molecule has 0 radical (unpaired) electrons. The Labute approximate surface area is 143 Å². The minimum Gasteiger partial charge on any atom is -0.491 e. The molecule has 0 fully saturated rings. The summed E-state index contributed by atoms with van der Waals surface area (Å²) in [6.07, 6.45) is 1.19. The standard InChI is InChI=1S/C12H19NO.C6H15N.ClH/c1-4-12(13)10-5-7-11(8-6-10)14-9(2)3;1-4-7(5-2)6-3;/h5-9,12H,4,13H2,1-3H3;4-6H2,1-3H3;1H. The van der Waals surface area contributed by atoms with E-state index in [2.05, 4.69) is 32.6 Å². The number of nitrogens with two attached hydrogens (primary N) is 1. The number of nitrogens with zero attached hydrogens (tertiary/aromatic N) is 1. The van der Waals surface area contributed by atoms with Crippen LogP contribution in [0.2, 0.25) is 0 Å². The summed E-state index contributed by atoms with van der Waals surface area (Å²) < 4.78 is 5.54. The third-order valence-corrected chi connectivity index (χ3v) is 3.46. The highest BCUT2D eigenvalue weighted by Gasteiger charge is 2.03. The molecule has 0 saturated heterocycles. The van der Waals surface area contributed by atoms with Gasteiger partial charge in [0.05, 0.1) is 6.10 Å². The lowest BCUT2D eigenvalue weighted by molar-refractivity contribution is 0.242. The van der Waals surface area contributed by atoms with Crippen LogP contribution in [0.5, 0.6) is 5.75 Å². The van der Waals surface area contributed by atoms with E-state index in [9.17, 15) is 0 Å². The number of hydrogen-bond donors (Lipinski definition) is 1. The average Bonchev–Trinajstić information content (AvgIpc) is 2.49. The monoisotopic (exact) mass is 330 g/mol. The highest BCUT2D eigenvalue weighted by molar-refractivity contribution is 5.85. The number of halogens is 1. The molecule has 0 spiro atoms. The quantitative estimate of drug-likeness (QED) is 0.790. The second kappa shape index (κ2) is 13.9. The zero-order valence-corrected chi connectivity index (χ0v) is 16.0. The lowest BCUT2D eigenvalue weighted by atomic mass is 10.1. The van der Waals surface area contributed by atoms with Crippen molar-refractivity contribution in [3.8, 4) is 5.75 Å². The molecule has 0 heterocycles. The number of rotatable bonds is 7. The van der Waals surface area contributed by atoms with Crippen LogP contribution >= 0.6 is 12.4 Å². The van der Waals surface area contributed by atoms with Crippen molar-refractivity contribution in [1.82, 2.24) is 4.90 Å². The summed E-state index contributed by atoms with van der Waals surface area (Å²) in [7, 11) is 0. The van der Waals surface area contributed by atoms with Gasteiger partial charge in [0.15, 0.2) is 0 Å². The molecule has 3 nitrogen and oxygen atoms in total. The Morgan fingerprint density at radius 3 is 1.68 bits per heavy atom. The van der Waals surface area contributed by atoms with Gasteiger partial charge in [0.25, 0.3) is 0 Å². The number of ether oxygens (including phenoxy) is 1. The highest BCUT2D eigenvalue weighted by Crippen LogP contribution is 2.18. The summed E-state index contributed by atoms with van der Waals surface area (Å²) in [5.74, 6) is 0.909. The molecule has 0 saturated carbocycles. The molecule has 1 unspecified atom stereocenters. The van der Waals surface area contributed by atoms with Crippen molar-refractivity contribution in [2.75, 3.05) is 19.6 Å². The fourth-order valence-electron chi connectivity index (χ4n) is 1.97. The fourth-order valence-corrected chi connectivity index (χ4v) is 1.97. The van der Waals surface area contributed by atoms with E-state index in [1.807, 2.05) is 38.1 Å². The Morgan fingerprint density at radius 2 is 1.41 bits per heavy atom. The van der Waals surface area contributed by atoms with E-state index >= 15 is 0 Å². The van der Waals surface area contributed by atoms with Crippen molar-refractivity contribution in [3.63, 3.8) is 0 Å². The van der Waals surface area contributed by atoms with Gasteiger partial charge in [-0.3, -0.25) is 0 Å². The average molecular weight is 331 g/mol. The van der Waals surface area contributed by atoms with Gasteiger partial charge in [0.1, 0.15) is 5.75 Å². The van der Waals surface area contributed by atoms with Crippen LogP contribution in [-0.4, -0.2) is 30.6 Å². The zero-order valence-electron chi connectivity index (χ0n) is 15.1. The van der Waals surface area contributed by atoms with Crippen LogP contribution < -0.4 is 10.5 Å². The lowest BCUT2D eigenvalue weighted by Gasteiger charge is -2.13. The Hall–Kier alpha value is -0.770. The van der Waals surface area contributed by atoms with Crippen molar-refractivity contribution < 1.29 is 4.74 Å². The fraction of sp³-hybridized carbons (Fsp3) is 0.667. The predicted molar refractivity (Wildman–Crippen MR) is 100 cm³/mol. The molecular formula is C18H35ClN2O. The lowest BCUT2D eigenvalue weighted by Crippen LogP contribution is -2.21. The van der Waals surface area contributed by atoms with Gasteiger partial charge in [0, 0.05) is 6.04 Å². The summed E-state index contributed by atoms with van der Waals surface area (Å²) >= 11 is 0. The van der Waals surface area contributed by atoms with E-state index in [0.29, 0.717) is 0 Å². The Morgan fingerprint density at radius 1 is 0.955 bits per heavy atom. The molecule has 0 aliphatic heterocycles. The topological polar surface area (TPSA) is 38.5 Å². The Kier molecular flexibility index (Phi) is 14.8. The minimum atomic E-state index is 0. The second-order valence-electron chi connectivity index (χ2n) is 5.37. The number of benzene rings is 1. The van der Waals surface area contributed by atoms with Gasteiger partial charge in [-0.1, -0.05) is 39.8 Å². The summed E-state index contributed by atoms with van der Waals surface area (Å²) in [6.45, 7) is 16.3. The predicted octanol–water partition coefficient (Wildman–Crippen LogP) is 4.65. The van der Waals surface area contributed by atoms with Crippen molar-refractivity contribution in [3.05, 3.63) is 29.8 Å². The Bertz CT molecular complexity index is 345. The molecule has 0 bridgehead atoms. The van der Waals surface area contributed by atoms with Gasteiger partial charge in [-0.2, -0.15) is 0 Å². The van der Waals surface area contributed by atoms with Crippen LogP contribution in [-0.2, 0) is 0 Å². The molecule has 22 heavy (non-hydrogen) atoms. The van der Waals surface area contributed by atoms with Crippen molar-refractivity contribution >= 4 is 12.4 Å². The minimum absolute atomic E-state index is 0. The molecular weight excluding hydrogens is 296 g/mol. The zero-order chi connectivity index (χ0) is 16.3. The van der Waals surface area contributed by atoms with E-state index in [4.69, 9.17) is 10.5 Å². The summed E-state index contributed by atoms with van der Waals surface area (Å²) in [4.78, 5) is 2.38. The van der Waals surface area contributed by atoms with Gasteiger partial charge < -0.3 is 15.4 Å². The maximum absolute atomic E-state index is 5.90. The highest BCUT2D eigenvalue weighted by atomic mass is 35.5. The molecule has 0 aliphatic rings. The van der Waals surface area contributed by atoms with Gasteiger partial charge in [-0.05, 0) is 57.6 Å². The molecule has 0 amide bonds. The molecule has 1 aromatic carbocycles.